The number of halogens is 3. The van der Waals surface area contributed by atoms with Crippen LogP contribution in [0, 0.1) is 0 Å². The van der Waals surface area contributed by atoms with E-state index in [-0.39, 0.29) is 12.2 Å². The maximum absolute atomic E-state index is 12.4. The van der Waals surface area contributed by atoms with E-state index >= 15 is 0 Å². The van der Waals surface area contributed by atoms with E-state index in [1.807, 2.05) is 0 Å². The molecule has 0 saturated heterocycles. The van der Waals surface area contributed by atoms with Crippen LogP contribution in [0.15, 0.2) is 18.5 Å². The Morgan fingerprint density at radius 3 is 2.56 bits per heavy atom. The maximum Gasteiger partial charge on any atom is 0.433 e. The number of hydrogen-bond acceptors (Lipinski definition) is 4. The third-order valence-electron chi connectivity index (χ3n) is 2.06. The predicted octanol–water partition coefficient (Wildman–Crippen LogP) is 1.50. The maximum atomic E-state index is 12.4. The van der Waals surface area contributed by atoms with Crippen molar-refractivity contribution < 1.29 is 13.2 Å². The van der Waals surface area contributed by atoms with Crippen LogP contribution in [0.3, 0.4) is 0 Å². The van der Waals surface area contributed by atoms with Crippen molar-refractivity contribution in [2.75, 3.05) is 0 Å². The lowest BCUT2D eigenvalue weighted by Gasteiger charge is -2.07. The van der Waals surface area contributed by atoms with Gasteiger partial charge in [-0.15, -0.1) is 0 Å². The smallest absolute Gasteiger partial charge is 0.325 e. The topological polar surface area (TPSA) is 64.7 Å². The molecule has 2 aromatic rings. The van der Waals surface area contributed by atoms with Gasteiger partial charge >= 0.3 is 6.18 Å². The molecular formula is C9H7F3N4. The molecule has 0 aliphatic rings. The quantitative estimate of drug-likeness (QED) is 0.803. The number of hydrogen-bond donors (Lipinski definition) is 1. The summed E-state index contributed by atoms with van der Waals surface area (Å²) in [5.41, 5.74) is 4.91. The molecule has 0 saturated carbocycles. The fourth-order valence-corrected chi connectivity index (χ4v) is 1.32. The number of nitrogens with two attached hydrogens (primary N) is 1. The van der Waals surface area contributed by atoms with Crippen LogP contribution in [-0.4, -0.2) is 15.0 Å². The Bertz CT molecular complexity index is 524. The highest BCUT2D eigenvalue weighted by molar-refractivity contribution is 5.77. The van der Waals surface area contributed by atoms with Crippen LogP contribution in [0.4, 0.5) is 13.2 Å². The molecule has 0 spiro atoms. The summed E-state index contributed by atoms with van der Waals surface area (Å²) < 4.78 is 37.1. The van der Waals surface area contributed by atoms with Crippen LogP contribution in [0.2, 0.25) is 0 Å². The minimum absolute atomic E-state index is 0.00488. The molecule has 2 rings (SSSR count). The zero-order chi connectivity index (χ0) is 11.8. The second-order valence-corrected chi connectivity index (χ2v) is 3.09. The molecule has 0 aliphatic carbocycles. The monoisotopic (exact) mass is 228 g/mol. The highest BCUT2D eigenvalue weighted by Gasteiger charge is 2.32. The lowest BCUT2D eigenvalue weighted by molar-refractivity contribution is -0.141. The number of rotatable bonds is 1. The second kappa shape index (κ2) is 3.67. The van der Waals surface area contributed by atoms with Crippen molar-refractivity contribution in [2.24, 2.45) is 5.73 Å². The van der Waals surface area contributed by atoms with E-state index in [1.54, 1.807) is 0 Å². The minimum atomic E-state index is -4.47. The van der Waals surface area contributed by atoms with E-state index in [0.717, 1.165) is 12.4 Å². The van der Waals surface area contributed by atoms with Crippen molar-refractivity contribution in [2.45, 2.75) is 12.7 Å². The summed E-state index contributed by atoms with van der Waals surface area (Å²) in [5, 5.41) is 0.443. The first kappa shape index (κ1) is 10.7. The van der Waals surface area contributed by atoms with Gasteiger partial charge in [-0.25, -0.2) is 15.0 Å². The van der Waals surface area contributed by atoms with Gasteiger partial charge in [-0.3, -0.25) is 0 Å². The Morgan fingerprint density at radius 2 is 1.94 bits per heavy atom. The Kier molecular flexibility index (Phi) is 2.47. The average Bonchev–Trinajstić information content (AvgIpc) is 2.26. The summed E-state index contributed by atoms with van der Waals surface area (Å²) in [5.74, 6) is 0. The molecular weight excluding hydrogens is 221 g/mol. The molecule has 0 amide bonds. The first-order valence-corrected chi connectivity index (χ1v) is 4.40. The summed E-state index contributed by atoms with van der Waals surface area (Å²) in [6, 6.07) is 2.18. The van der Waals surface area contributed by atoms with Gasteiger partial charge in [0, 0.05) is 11.9 Å². The first-order valence-electron chi connectivity index (χ1n) is 4.40. The van der Waals surface area contributed by atoms with Crippen molar-refractivity contribution >= 4 is 11.0 Å². The third kappa shape index (κ3) is 1.81. The second-order valence-electron chi connectivity index (χ2n) is 3.09. The fourth-order valence-electron chi connectivity index (χ4n) is 1.32. The highest BCUT2D eigenvalue weighted by atomic mass is 19.4. The van der Waals surface area contributed by atoms with Crippen molar-refractivity contribution in [3.05, 3.63) is 29.8 Å². The molecule has 0 unspecified atom stereocenters. The Labute approximate surface area is 88.3 Å². The van der Waals surface area contributed by atoms with Crippen molar-refractivity contribution in [1.29, 1.82) is 0 Å². The zero-order valence-corrected chi connectivity index (χ0v) is 7.99. The van der Waals surface area contributed by atoms with Gasteiger partial charge in [-0.1, -0.05) is 0 Å². The predicted molar refractivity (Wildman–Crippen MR) is 50.2 cm³/mol. The number of nitrogens with zero attached hydrogens (tertiary/aromatic N) is 3. The molecule has 7 heteroatoms. The van der Waals surface area contributed by atoms with Crippen LogP contribution in [0.1, 0.15) is 11.4 Å². The molecule has 2 aromatic heterocycles. The van der Waals surface area contributed by atoms with Gasteiger partial charge in [0.1, 0.15) is 12.0 Å². The molecule has 2 heterocycles. The lowest BCUT2D eigenvalue weighted by atomic mass is 10.2. The molecule has 84 valence electrons. The molecule has 0 aromatic carbocycles. The van der Waals surface area contributed by atoms with Crippen LogP contribution in [0.25, 0.3) is 11.0 Å². The van der Waals surface area contributed by atoms with Crippen molar-refractivity contribution in [1.82, 2.24) is 15.0 Å². The molecule has 0 atom stereocenters. The largest absolute Gasteiger partial charge is 0.433 e. The van der Waals surface area contributed by atoms with Gasteiger partial charge in [-0.05, 0) is 12.1 Å². The zero-order valence-electron chi connectivity index (χ0n) is 7.99. The van der Waals surface area contributed by atoms with E-state index in [4.69, 9.17) is 5.73 Å². The molecule has 0 bridgehead atoms. The van der Waals surface area contributed by atoms with E-state index in [2.05, 4.69) is 15.0 Å². The summed E-state index contributed by atoms with van der Waals surface area (Å²) in [6.45, 7) is 0.131. The average molecular weight is 228 g/mol. The van der Waals surface area contributed by atoms with Crippen LogP contribution in [0.5, 0.6) is 0 Å². The number of pyridine rings is 1. The van der Waals surface area contributed by atoms with Gasteiger partial charge in [0.2, 0.25) is 0 Å². The standard InChI is InChI=1S/C9H7F3N4/c10-9(11,12)7-2-1-5-6(3-13)14-4-15-8(5)16-7/h1-2,4H,3,13H2. The van der Waals surface area contributed by atoms with Gasteiger partial charge in [-0.2, -0.15) is 13.2 Å². The summed E-state index contributed by atoms with van der Waals surface area (Å²) in [6.07, 6.45) is -3.32. The third-order valence-corrected chi connectivity index (χ3v) is 2.06. The minimum Gasteiger partial charge on any atom is -0.325 e. The van der Waals surface area contributed by atoms with Crippen LogP contribution in [-0.2, 0) is 12.7 Å². The number of alkyl halides is 3. The summed E-state index contributed by atoms with van der Waals surface area (Å²) in [4.78, 5) is 11.0. The lowest BCUT2D eigenvalue weighted by Crippen LogP contribution is -2.09. The Hall–Kier alpha value is -1.76. The number of fused-ring (bicyclic) bond motifs is 1. The van der Waals surface area contributed by atoms with Crippen LogP contribution < -0.4 is 5.73 Å². The van der Waals surface area contributed by atoms with Crippen molar-refractivity contribution in [3.63, 3.8) is 0 Å². The fraction of sp³-hybridized carbons (Fsp3) is 0.222. The normalized spacial score (nSPS) is 12.0. The van der Waals surface area contributed by atoms with Gasteiger partial charge in [0.05, 0.1) is 5.69 Å². The SMILES string of the molecule is NCc1ncnc2nc(C(F)(F)F)ccc12. The van der Waals surface area contributed by atoms with Gasteiger partial charge in [0.15, 0.2) is 5.65 Å². The summed E-state index contributed by atoms with van der Waals surface area (Å²) in [7, 11) is 0. The highest BCUT2D eigenvalue weighted by Crippen LogP contribution is 2.28. The molecule has 0 radical (unpaired) electrons. The Morgan fingerprint density at radius 1 is 1.19 bits per heavy atom. The molecule has 0 fully saturated rings. The van der Waals surface area contributed by atoms with E-state index in [0.29, 0.717) is 11.1 Å². The molecule has 0 aliphatic heterocycles. The molecule has 16 heavy (non-hydrogen) atoms. The van der Waals surface area contributed by atoms with E-state index < -0.39 is 11.9 Å². The first-order chi connectivity index (χ1) is 7.52. The van der Waals surface area contributed by atoms with E-state index in [1.165, 1.54) is 6.07 Å². The Balaban J connectivity index is 2.64. The van der Waals surface area contributed by atoms with Crippen molar-refractivity contribution in [3.8, 4) is 0 Å². The number of aromatic nitrogens is 3. The van der Waals surface area contributed by atoms with Gasteiger partial charge in [0.25, 0.3) is 0 Å². The van der Waals surface area contributed by atoms with Gasteiger partial charge < -0.3 is 5.73 Å². The summed E-state index contributed by atoms with van der Waals surface area (Å²) >= 11 is 0. The van der Waals surface area contributed by atoms with E-state index in [9.17, 15) is 13.2 Å². The van der Waals surface area contributed by atoms with Crippen LogP contribution >= 0.6 is 0 Å². The molecule has 4 nitrogen and oxygen atoms in total. The molecule has 2 N–H and O–H groups in total.